The fourth-order valence-corrected chi connectivity index (χ4v) is 5.04. The first kappa shape index (κ1) is 19.2. The van der Waals surface area contributed by atoms with Crippen molar-refractivity contribution in [1.82, 2.24) is 20.5 Å². The summed E-state index contributed by atoms with van der Waals surface area (Å²) in [5, 5.41) is 14.8. The van der Waals surface area contributed by atoms with E-state index < -0.39 is 0 Å². The number of aromatic nitrogens is 3. The minimum absolute atomic E-state index is 0.0829. The lowest BCUT2D eigenvalue weighted by atomic mass is 9.96. The van der Waals surface area contributed by atoms with Crippen molar-refractivity contribution in [2.45, 2.75) is 44.6 Å². The second-order valence-electron chi connectivity index (χ2n) is 8.02. The molecule has 2 aromatic heterocycles. The number of hydrogen-bond acceptors (Lipinski definition) is 6. The summed E-state index contributed by atoms with van der Waals surface area (Å²) in [5.41, 5.74) is 4.08. The average molecular weight is 420 g/mol. The topological polar surface area (TPSA) is 71.0 Å². The van der Waals surface area contributed by atoms with Crippen molar-refractivity contribution in [2.24, 2.45) is 0 Å². The summed E-state index contributed by atoms with van der Waals surface area (Å²) in [6.45, 7) is 1.76. The maximum Gasteiger partial charge on any atom is 0.270 e. The fourth-order valence-electron chi connectivity index (χ4n) is 4.24. The van der Waals surface area contributed by atoms with Crippen LogP contribution in [-0.4, -0.2) is 40.2 Å². The molecule has 3 aromatic rings. The maximum absolute atomic E-state index is 12.7. The van der Waals surface area contributed by atoms with Crippen molar-refractivity contribution >= 4 is 23.1 Å². The molecule has 0 saturated carbocycles. The van der Waals surface area contributed by atoms with E-state index in [0.29, 0.717) is 5.69 Å². The van der Waals surface area contributed by atoms with E-state index in [2.05, 4.69) is 31.5 Å². The van der Waals surface area contributed by atoms with Crippen LogP contribution in [0.2, 0.25) is 0 Å². The molecule has 1 aromatic carbocycles. The number of rotatable bonds is 4. The zero-order valence-corrected chi connectivity index (χ0v) is 17.7. The van der Waals surface area contributed by atoms with E-state index in [-0.39, 0.29) is 11.9 Å². The zero-order valence-electron chi connectivity index (χ0n) is 16.9. The Kier molecular flexibility index (Phi) is 5.45. The first-order valence-electron chi connectivity index (χ1n) is 10.7. The number of anilines is 1. The van der Waals surface area contributed by atoms with E-state index in [1.165, 1.54) is 35.4 Å². The Morgan fingerprint density at radius 2 is 1.87 bits per heavy atom. The van der Waals surface area contributed by atoms with E-state index in [1.807, 2.05) is 35.7 Å². The Labute approximate surface area is 180 Å². The molecule has 154 valence electrons. The minimum atomic E-state index is -0.0829. The number of carbonyl (C=O) groups is 1. The standard InChI is InChI=1S/C23H25N5OS/c29-22(20-15-30-23(25-20)16-6-2-1-3-7-16)24-18-10-12-28(13-11-18)21-14-17-8-4-5-9-19(17)26-27-21/h1-3,6-7,14-15,18H,4-5,8-13H2,(H,24,29). The second kappa shape index (κ2) is 8.52. The lowest BCUT2D eigenvalue weighted by Gasteiger charge is -2.33. The summed E-state index contributed by atoms with van der Waals surface area (Å²) in [6, 6.07) is 12.4. The molecular weight excluding hydrogens is 394 g/mol. The fraction of sp³-hybridized carbons (Fsp3) is 0.391. The number of piperidine rings is 1. The number of fused-ring (bicyclic) bond motifs is 1. The van der Waals surface area contributed by atoms with Gasteiger partial charge in [0.05, 0.1) is 5.69 Å². The third-order valence-electron chi connectivity index (χ3n) is 5.97. The molecular formula is C23H25N5OS. The molecule has 0 unspecified atom stereocenters. The number of aryl methyl sites for hydroxylation is 2. The smallest absolute Gasteiger partial charge is 0.270 e. The number of benzene rings is 1. The molecule has 2 aliphatic rings. The van der Waals surface area contributed by atoms with Crippen molar-refractivity contribution in [3.8, 4) is 10.6 Å². The summed E-state index contributed by atoms with van der Waals surface area (Å²) in [6.07, 6.45) is 6.44. The van der Waals surface area contributed by atoms with E-state index >= 15 is 0 Å². The zero-order chi connectivity index (χ0) is 20.3. The summed E-state index contributed by atoms with van der Waals surface area (Å²) in [5.74, 6) is 0.896. The van der Waals surface area contributed by atoms with Gasteiger partial charge in [-0.1, -0.05) is 30.3 Å². The van der Waals surface area contributed by atoms with Crippen LogP contribution >= 0.6 is 11.3 Å². The quantitative estimate of drug-likeness (QED) is 0.695. The van der Waals surface area contributed by atoms with Gasteiger partial charge in [0.15, 0.2) is 5.82 Å². The molecule has 1 amide bonds. The molecule has 1 N–H and O–H groups in total. The number of nitrogens with zero attached hydrogens (tertiary/aromatic N) is 4. The predicted octanol–water partition coefficient (Wildman–Crippen LogP) is 3.88. The van der Waals surface area contributed by atoms with Crippen molar-refractivity contribution in [2.75, 3.05) is 18.0 Å². The molecule has 0 atom stereocenters. The van der Waals surface area contributed by atoms with Crippen molar-refractivity contribution in [3.05, 3.63) is 58.7 Å². The Balaban J connectivity index is 1.17. The van der Waals surface area contributed by atoms with Crippen LogP contribution in [0.5, 0.6) is 0 Å². The molecule has 1 aliphatic carbocycles. The average Bonchev–Trinajstić information content (AvgIpc) is 3.30. The monoisotopic (exact) mass is 419 g/mol. The molecule has 3 heterocycles. The van der Waals surface area contributed by atoms with Crippen LogP contribution in [-0.2, 0) is 12.8 Å². The van der Waals surface area contributed by atoms with Crippen LogP contribution in [0.4, 0.5) is 5.82 Å². The molecule has 1 fully saturated rings. The van der Waals surface area contributed by atoms with Crippen molar-refractivity contribution in [1.29, 1.82) is 0 Å². The Hall–Kier alpha value is -2.80. The number of nitrogens with one attached hydrogen (secondary N) is 1. The third kappa shape index (κ3) is 4.07. The first-order valence-corrected chi connectivity index (χ1v) is 11.6. The second-order valence-corrected chi connectivity index (χ2v) is 8.88. The Morgan fingerprint density at radius 1 is 1.07 bits per heavy atom. The summed E-state index contributed by atoms with van der Waals surface area (Å²) >= 11 is 1.51. The van der Waals surface area contributed by atoms with Gasteiger partial charge in [-0.15, -0.1) is 16.4 Å². The van der Waals surface area contributed by atoms with Crippen LogP contribution in [0.3, 0.4) is 0 Å². The number of thiazole rings is 1. The van der Waals surface area contributed by atoms with Gasteiger partial charge in [-0.05, 0) is 50.2 Å². The molecule has 30 heavy (non-hydrogen) atoms. The van der Waals surface area contributed by atoms with Gasteiger partial charge in [0.25, 0.3) is 5.91 Å². The SMILES string of the molecule is O=C(NC1CCN(c2cc3c(nn2)CCCC3)CC1)c1csc(-c2ccccc2)n1. The molecule has 5 rings (SSSR count). The predicted molar refractivity (Wildman–Crippen MR) is 119 cm³/mol. The number of carbonyl (C=O) groups excluding carboxylic acids is 1. The minimum Gasteiger partial charge on any atom is -0.355 e. The van der Waals surface area contributed by atoms with E-state index in [9.17, 15) is 4.79 Å². The molecule has 0 radical (unpaired) electrons. The number of amides is 1. The van der Waals surface area contributed by atoms with Gasteiger partial charge >= 0.3 is 0 Å². The molecule has 0 spiro atoms. The largest absolute Gasteiger partial charge is 0.355 e. The van der Waals surface area contributed by atoms with Gasteiger partial charge in [-0.2, -0.15) is 5.10 Å². The van der Waals surface area contributed by atoms with Crippen LogP contribution in [0, 0.1) is 0 Å². The van der Waals surface area contributed by atoms with Crippen molar-refractivity contribution in [3.63, 3.8) is 0 Å². The van der Waals surface area contributed by atoms with Crippen LogP contribution in [0.25, 0.3) is 10.6 Å². The highest BCUT2D eigenvalue weighted by Gasteiger charge is 2.24. The molecule has 1 aliphatic heterocycles. The van der Waals surface area contributed by atoms with Crippen LogP contribution in [0.15, 0.2) is 41.8 Å². The van der Waals surface area contributed by atoms with Gasteiger partial charge in [-0.3, -0.25) is 4.79 Å². The van der Waals surface area contributed by atoms with E-state index in [0.717, 1.165) is 55.2 Å². The summed E-state index contributed by atoms with van der Waals surface area (Å²) in [7, 11) is 0. The summed E-state index contributed by atoms with van der Waals surface area (Å²) < 4.78 is 0. The van der Waals surface area contributed by atoms with E-state index in [1.54, 1.807) is 0 Å². The highest BCUT2D eigenvalue weighted by Crippen LogP contribution is 2.25. The van der Waals surface area contributed by atoms with Gasteiger partial charge in [-0.25, -0.2) is 4.98 Å². The number of hydrogen-bond donors (Lipinski definition) is 1. The molecule has 6 nitrogen and oxygen atoms in total. The Bertz CT molecular complexity index is 1030. The van der Waals surface area contributed by atoms with E-state index in [4.69, 9.17) is 0 Å². The summed E-state index contributed by atoms with van der Waals surface area (Å²) in [4.78, 5) is 19.5. The molecule has 1 saturated heterocycles. The first-order chi connectivity index (χ1) is 14.8. The lowest BCUT2D eigenvalue weighted by molar-refractivity contribution is 0.0927. The van der Waals surface area contributed by atoms with Gasteiger partial charge < -0.3 is 10.2 Å². The van der Waals surface area contributed by atoms with Gasteiger partial charge in [0.1, 0.15) is 10.7 Å². The van der Waals surface area contributed by atoms with Gasteiger partial charge in [0.2, 0.25) is 0 Å². The Morgan fingerprint density at radius 3 is 2.70 bits per heavy atom. The van der Waals surface area contributed by atoms with Crippen LogP contribution < -0.4 is 10.2 Å². The highest BCUT2D eigenvalue weighted by atomic mass is 32.1. The van der Waals surface area contributed by atoms with Crippen LogP contribution in [0.1, 0.15) is 47.4 Å². The molecule has 0 bridgehead atoms. The van der Waals surface area contributed by atoms with Crippen molar-refractivity contribution < 1.29 is 4.79 Å². The van der Waals surface area contributed by atoms with Gasteiger partial charge in [0, 0.05) is 30.1 Å². The lowest BCUT2D eigenvalue weighted by Crippen LogP contribution is -2.45. The normalized spacial score (nSPS) is 16.9. The molecule has 7 heteroatoms. The third-order valence-corrected chi connectivity index (χ3v) is 6.86. The maximum atomic E-state index is 12.7. The highest BCUT2D eigenvalue weighted by molar-refractivity contribution is 7.13.